The number of Topliss-reactive ketones (excluding diaryl/α,β-unsaturated/α-hetero) is 1. The van der Waals surface area contributed by atoms with Crippen molar-refractivity contribution in [3.8, 4) is 0 Å². The number of thioether (sulfide) groups is 1. The predicted octanol–water partition coefficient (Wildman–Crippen LogP) is 5.42. The van der Waals surface area contributed by atoms with Crippen LogP contribution in [0.15, 0.2) is 72.8 Å². The highest BCUT2D eigenvalue weighted by atomic mass is 32.2. The van der Waals surface area contributed by atoms with Crippen molar-refractivity contribution in [2.45, 2.75) is 24.6 Å². The lowest BCUT2D eigenvalue weighted by Crippen LogP contribution is -2.34. The SMILES string of the molecule is O=C(CSC1CCN(Cc2ccccc2)CC1)c1ccc2ccccc2c1. The molecule has 1 fully saturated rings. The second-order valence-electron chi connectivity index (χ2n) is 7.26. The second-order valence-corrected chi connectivity index (χ2v) is 8.55. The molecule has 4 rings (SSSR count). The highest BCUT2D eigenvalue weighted by Gasteiger charge is 2.20. The summed E-state index contributed by atoms with van der Waals surface area (Å²) < 4.78 is 0. The molecule has 0 amide bonds. The Kier molecular flexibility index (Phi) is 5.90. The highest BCUT2D eigenvalue weighted by molar-refractivity contribution is 8.00. The Morgan fingerprint density at radius 1 is 0.889 bits per heavy atom. The molecule has 0 unspecified atom stereocenters. The average molecular weight is 376 g/mol. The summed E-state index contributed by atoms with van der Waals surface area (Å²) in [5, 5.41) is 2.93. The zero-order chi connectivity index (χ0) is 18.5. The topological polar surface area (TPSA) is 20.3 Å². The van der Waals surface area contributed by atoms with Crippen molar-refractivity contribution in [1.82, 2.24) is 4.90 Å². The van der Waals surface area contributed by atoms with Gasteiger partial charge in [0.1, 0.15) is 0 Å². The lowest BCUT2D eigenvalue weighted by Gasteiger charge is -2.31. The number of likely N-dealkylation sites (tertiary alicyclic amines) is 1. The number of ketones is 1. The quantitative estimate of drug-likeness (QED) is 0.537. The molecule has 0 N–H and O–H groups in total. The number of benzene rings is 3. The molecule has 0 saturated carbocycles. The fourth-order valence-electron chi connectivity index (χ4n) is 3.72. The van der Waals surface area contributed by atoms with Crippen LogP contribution in [0.5, 0.6) is 0 Å². The smallest absolute Gasteiger partial charge is 0.172 e. The molecule has 3 heteroatoms. The van der Waals surface area contributed by atoms with Gasteiger partial charge in [0.25, 0.3) is 0 Å². The van der Waals surface area contributed by atoms with Crippen molar-refractivity contribution in [2.75, 3.05) is 18.8 Å². The summed E-state index contributed by atoms with van der Waals surface area (Å²) in [5.74, 6) is 0.833. The van der Waals surface area contributed by atoms with E-state index in [0.29, 0.717) is 11.0 Å². The molecular weight excluding hydrogens is 350 g/mol. The van der Waals surface area contributed by atoms with Crippen LogP contribution < -0.4 is 0 Å². The number of fused-ring (bicyclic) bond motifs is 1. The van der Waals surface area contributed by atoms with E-state index in [1.54, 1.807) is 0 Å². The summed E-state index contributed by atoms with van der Waals surface area (Å²) in [7, 11) is 0. The monoisotopic (exact) mass is 375 g/mol. The van der Waals surface area contributed by atoms with Crippen molar-refractivity contribution >= 4 is 28.3 Å². The van der Waals surface area contributed by atoms with E-state index in [1.165, 1.54) is 23.8 Å². The van der Waals surface area contributed by atoms with Crippen LogP contribution in [-0.4, -0.2) is 34.8 Å². The molecule has 3 aromatic carbocycles. The largest absolute Gasteiger partial charge is 0.299 e. The summed E-state index contributed by atoms with van der Waals surface area (Å²) in [4.78, 5) is 15.1. The zero-order valence-electron chi connectivity index (χ0n) is 15.5. The lowest BCUT2D eigenvalue weighted by atomic mass is 10.1. The Morgan fingerprint density at radius 3 is 2.37 bits per heavy atom. The molecule has 0 aromatic heterocycles. The summed E-state index contributed by atoms with van der Waals surface area (Å²) in [5.41, 5.74) is 2.22. The Bertz CT molecular complexity index is 900. The molecule has 0 aliphatic carbocycles. The Labute approximate surface area is 165 Å². The molecule has 138 valence electrons. The molecule has 1 saturated heterocycles. The maximum atomic E-state index is 12.6. The molecule has 0 radical (unpaired) electrons. The molecule has 27 heavy (non-hydrogen) atoms. The number of carbonyl (C=O) groups excluding carboxylic acids is 1. The van der Waals surface area contributed by atoms with Gasteiger partial charge in [-0.05, 0) is 48.3 Å². The summed E-state index contributed by atoms with van der Waals surface area (Å²) in [6.07, 6.45) is 2.34. The average Bonchev–Trinajstić information content (AvgIpc) is 2.73. The normalized spacial score (nSPS) is 15.9. The van der Waals surface area contributed by atoms with Crippen molar-refractivity contribution in [3.05, 3.63) is 83.9 Å². The minimum Gasteiger partial charge on any atom is -0.299 e. The van der Waals surface area contributed by atoms with Gasteiger partial charge in [0.2, 0.25) is 0 Å². The highest BCUT2D eigenvalue weighted by Crippen LogP contribution is 2.25. The standard InChI is InChI=1S/C24H25NOS/c26-24(22-11-10-20-8-4-5-9-21(20)16-22)18-27-23-12-14-25(15-13-23)17-19-6-2-1-3-7-19/h1-11,16,23H,12-15,17-18H2. The molecule has 0 spiro atoms. The van der Waals surface area contributed by atoms with Gasteiger partial charge in [0.15, 0.2) is 5.78 Å². The number of piperidine rings is 1. The van der Waals surface area contributed by atoms with Gasteiger partial charge in [-0.3, -0.25) is 9.69 Å². The number of hydrogen-bond donors (Lipinski definition) is 0. The maximum absolute atomic E-state index is 12.6. The van der Waals surface area contributed by atoms with Gasteiger partial charge in [-0.2, -0.15) is 11.8 Å². The van der Waals surface area contributed by atoms with E-state index in [1.807, 2.05) is 36.0 Å². The van der Waals surface area contributed by atoms with E-state index in [0.717, 1.165) is 30.6 Å². The molecule has 2 nitrogen and oxygen atoms in total. The number of nitrogens with zero attached hydrogens (tertiary/aromatic N) is 1. The molecule has 1 heterocycles. The summed E-state index contributed by atoms with van der Waals surface area (Å²) >= 11 is 1.84. The molecule has 0 atom stereocenters. The van der Waals surface area contributed by atoms with Gasteiger partial charge in [-0.15, -0.1) is 0 Å². The maximum Gasteiger partial charge on any atom is 0.172 e. The van der Waals surface area contributed by atoms with Crippen molar-refractivity contribution in [2.24, 2.45) is 0 Å². The van der Waals surface area contributed by atoms with Gasteiger partial charge in [0, 0.05) is 17.4 Å². The van der Waals surface area contributed by atoms with Gasteiger partial charge < -0.3 is 0 Å². The number of carbonyl (C=O) groups is 1. The number of hydrogen-bond acceptors (Lipinski definition) is 3. The summed E-state index contributed by atoms with van der Waals surface area (Å²) in [6, 6.07) is 24.9. The van der Waals surface area contributed by atoms with E-state index in [2.05, 4.69) is 53.4 Å². The predicted molar refractivity (Wildman–Crippen MR) is 115 cm³/mol. The van der Waals surface area contributed by atoms with E-state index in [9.17, 15) is 4.79 Å². The fourth-order valence-corrected chi connectivity index (χ4v) is 4.81. The first-order chi connectivity index (χ1) is 13.3. The first-order valence-corrected chi connectivity index (χ1v) is 10.7. The van der Waals surface area contributed by atoms with Crippen LogP contribution in [0.4, 0.5) is 0 Å². The van der Waals surface area contributed by atoms with Gasteiger partial charge in [-0.25, -0.2) is 0 Å². The Balaban J connectivity index is 1.26. The molecule has 3 aromatic rings. The molecule has 0 bridgehead atoms. The van der Waals surface area contributed by atoms with Gasteiger partial charge in [0.05, 0.1) is 5.75 Å². The Morgan fingerprint density at radius 2 is 1.59 bits per heavy atom. The third kappa shape index (κ3) is 4.79. The minimum atomic E-state index is 0.248. The van der Waals surface area contributed by atoms with Gasteiger partial charge >= 0.3 is 0 Å². The van der Waals surface area contributed by atoms with E-state index < -0.39 is 0 Å². The van der Waals surface area contributed by atoms with Crippen LogP contribution in [-0.2, 0) is 6.54 Å². The van der Waals surface area contributed by atoms with Crippen LogP contribution in [0.25, 0.3) is 10.8 Å². The molecular formula is C24H25NOS. The second kappa shape index (κ2) is 8.73. The minimum absolute atomic E-state index is 0.248. The van der Waals surface area contributed by atoms with Crippen molar-refractivity contribution in [3.63, 3.8) is 0 Å². The van der Waals surface area contributed by atoms with Gasteiger partial charge in [-0.1, -0.05) is 66.7 Å². The van der Waals surface area contributed by atoms with Crippen LogP contribution >= 0.6 is 11.8 Å². The van der Waals surface area contributed by atoms with E-state index in [-0.39, 0.29) is 5.78 Å². The van der Waals surface area contributed by atoms with Crippen LogP contribution in [0.2, 0.25) is 0 Å². The van der Waals surface area contributed by atoms with Crippen LogP contribution in [0.3, 0.4) is 0 Å². The first kappa shape index (κ1) is 18.3. The third-order valence-electron chi connectivity index (χ3n) is 5.31. The van der Waals surface area contributed by atoms with E-state index >= 15 is 0 Å². The molecule has 1 aliphatic heterocycles. The fraction of sp³-hybridized carbons (Fsp3) is 0.292. The Hall–Kier alpha value is -2.10. The number of rotatable bonds is 6. The lowest BCUT2D eigenvalue weighted by molar-refractivity contribution is 0.102. The molecule has 1 aliphatic rings. The van der Waals surface area contributed by atoms with E-state index in [4.69, 9.17) is 0 Å². The third-order valence-corrected chi connectivity index (χ3v) is 6.68. The summed E-state index contributed by atoms with van der Waals surface area (Å²) in [6.45, 7) is 3.28. The van der Waals surface area contributed by atoms with Crippen LogP contribution in [0.1, 0.15) is 28.8 Å². The zero-order valence-corrected chi connectivity index (χ0v) is 16.3. The van der Waals surface area contributed by atoms with Crippen molar-refractivity contribution < 1.29 is 4.79 Å². The van der Waals surface area contributed by atoms with Crippen LogP contribution in [0, 0.1) is 0 Å². The van der Waals surface area contributed by atoms with Crippen molar-refractivity contribution in [1.29, 1.82) is 0 Å². The first-order valence-electron chi connectivity index (χ1n) is 9.68.